The third-order valence-electron chi connectivity index (χ3n) is 4.99. The first-order chi connectivity index (χ1) is 13.1. The number of Topliss-reactive ketones (excluding diaryl/α,β-unsaturated/α-hetero) is 1. The Labute approximate surface area is 156 Å². The lowest BCUT2D eigenvalue weighted by Gasteiger charge is -2.16. The second kappa shape index (κ2) is 7.19. The number of aromatic nitrogens is 1. The summed E-state index contributed by atoms with van der Waals surface area (Å²) < 4.78 is 19.4. The van der Waals surface area contributed by atoms with E-state index in [2.05, 4.69) is 4.98 Å². The molecule has 5 nitrogen and oxygen atoms in total. The van der Waals surface area contributed by atoms with Gasteiger partial charge in [-0.3, -0.25) is 9.78 Å². The number of fused-ring (bicyclic) bond motifs is 2. The number of halogens is 1. The van der Waals surface area contributed by atoms with Crippen LogP contribution < -0.4 is 11.2 Å². The van der Waals surface area contributed by atoms with Crippen molar-refractivity contribution >= 4 is 29.1 Å². The fourth-order valence-corrected chi connectivity index (χ4v) is 3.57. The van der Waals surface area contributed by atoms with Crippen LogP contribution >= 0.6 is 0 Å². The minimum Gasteiger partial charge on any atom is -0.423 e. The predicted molar refractivity (Wildman–Crippen MR) is 101 cm³/mol. The Morgan fingerprint density at radius 2 is 2.15 bits per heavy atom. The molecular weight excluding hydrogens is 346 g/mol. The summed E-state index contributed by atoms with van der Waals surface area (Å²) in [6.45, 7) is 0.198. The molecule has 2 heterocycles. The van der Waals surface area contributed by atoms with Crippen LogP contribution in [0.3, 0.4) is 0 Å². The molecule has 1 aliphatic rings. The molecule has 0 fully saturated rings. The Morgan fingerprint density at radius 1 is 1.30 bits per heavy atom. The van der Waals surface area contributed by atoms with Crippen molar-refractivity contribution in [3.63, 3.8) is 0 Å². The molecule has 0 saturated carbocycles. The first-order valence-electron chi connectivity index (χ1n) is 8.74. The zero-order valence-electron chi connectivity index (χ0n) is 14.6. The topological polar surface area (TPSA) is 85.4 Å². The van der Waals surface area contributed by atoms with Gasteiger partial charge in [-0.05, 0) is 34.2 Å². The van der Waals surface area contributed by atoms with Crippen LogP contribution in [0.1, 0.15) is 22.6 Å². The van der Waals surface area contributed by atoms with Gasteiger partial charge in [-0.2, -0.15) is 0 Å². The molecule has 3 aromatic rings. The highest BCUT2D eigenvalue weighted by atomic mass is 19.1. The maximum Gasteiger partial charge on any atom is 0.494 e. The SMILES string of the molecule is NC[C@@H](C(=O)Cc1ccc2cnccc2c1)c1cc(F)c2c(c1)COB2O. The molecule has 3 N–H and O–H groups in total. The van der Waals surface area contributed by atoms with Crippen molar-refractivity contribution in [2.24, 2.45) is 5.73 Å². The van der Waals surface area contributed by atoms with E-state index in [-0.39, 0.29) is 30.8 Å². The molecule has 136 valence electrons. The van der Waals surface area contributed by atoms with Crippen molar-refractivity contribution in [1.82, 2.24) is 4.98 Å². The van der Waals surface area contributed by atoms with Crippen LogP contribution in [0.25, 0.3) is 10.8 Å². The van der Waals surface area contributed by atoms with Crippen LogP contribution in [-0.2, 0) is 22.5 Å². The van der Waals surface area contributed by atoms with Gasteiger partial charge in [-0.1, -0.05) is 24.3 Å². The van der Waals surface area contributed by atoms with Crippen LogP contribution in [0.5, 0.6) is 0 Å². The van der Waals surface area contributed by atoms with Gasteiger partial charge in [0.2, 0.25) is 0 Å². The van der Waals surface area contributed by atoms with Gasteiger partial charge < -0.3 is 15.4 Å². The lowest BCUT2D eigenvalue weighted by atomic mass is 9.77. The van der Waals surface area contributed by atoms with Gasteiger partial charge in [0.25, 0.3) is 0 Å². The van der Waals surface area contributed by atoms with Gasteiger partial charge in [0, 0.05) is 36.2 Å². The zero-order chi connectivity index (χ0) is 19.0. The highest BCUT2D eigenvalue weighted by molar-refractivity contribution is 6.61. The second-order valence-corrected chi connectivity index (χ2v) is 6.73. The highest BCUT2D eigenvalue weighted by Crippen LogP contribution is 2.24. The van der Waals surface area contributed by atoms with Crippen molar-refractivity contribution in [3.05, 3.63) is 71.3 Å². The van der Waals surface area contributed by atoms with E-state index in [1.807, 2.05) is 24.3 Å². The Kier molecular flexibility index (Phi) is 4.74. The van der Waals surface area contributed by atoms with E-state index in [1.165, 1.54) is 6.07 Å². The monoisotopic (exact) mass is 364 g/mol. The summed E-state index contributed by atoms with van der Waals surface area (Å²) in [7, 11) is -1.26. The molecule has 0 bridgehead atoms. The van der Waals surface area contributed by atoms with Crippen molar-refractivity contribution in [1.29, 1.82) is 0 Å². The number of ketones is 1. The minimum absolute atomic E-state index is 0.0790. The molecule has 1 atom stereocenters. The highest BCUT2D eigenvalue weighted by Gasteiger charge is 2.32. The molecule has 0 amide bonds. The fraction of sp³-hybridized carbons (Fsp3) is 0.200. The van der Waals surface area contributed by atoms with Crippen molar-refractivity contribution in [2.45, 2.75) is 18.9 Å². The number of carbonyl (C=O) groups excluding carboxylic acids is 1. The Balaban J connectivity index is 1.60. The summed E-state index contributed by atoms with van der Waals surface area (Å²) in [5, 5.41) is 11.7. The second-order valence-electron chi connectivity index (χ2n) is 6.73. The zero-order valence-corrected chi connectivity index (χ0v) is 14.6. The first kappa shape index (κ1) is 17.8. The third-order valence-corrected chi connectivity index (χ3v) is 4.99. The van der Waals surface area contributed by atoms with Crippen molar-refractivity contribution in [3.8, 4) is 0 Å². The average Bonchev–Trinajstić information content (AvgIpc) is 3.03. The van der Waals surface area contributed by atoms with E-state index in [9.17, 15) is 14.2 Å². The van der Waals surface area contributed by atoms with Gasteiger partial charge in [0.05, 0.1) is 12.5 Å². The molecule has 0 aliphatic carbocycles. The maximum absolute atomic E-state index is 14.4. The first-order valence-corrected chi connectivity index (χ1v) is 8.74. The van der Waals surface area contributed by atoms with Gasteiger partial charge >= 0.3 is 7.12 Å². The molecule has 7 heteroatoms. The molecule has 2 aromatic carbocycles. The van der Waals surface area contributed by atoms with Crippen LogP contribution in [0.15, 0.2) is 48.8 Å². The van der Waals surface area contributed by atoms with Crippen LogP contribution in [0.4, 0.5) is 4.39 Å². The van der Waals surface area contributed by atoms with Crippen LogP contribution in [0.2, 0.25) is 0 Å². The smallest absolute Gasteiger partial charge is 0.423 e. The lowest BCUT2D eigenvalue weighted by molar-refractivity contribution is -0.119. The van der Waals surface area contributed by atoms with E-state index in [0.717, 1.165) is 16.3 Å². The van der Waals surface area contributed by atoms with Gasteiger partial charge in [-0.15, -0.1) is 0 Å². The summed E-state index contributed by atoms with van der Waals surface area (Å²) in [6.07, 6.45) is 3.69. The van der Waals surface area contributed by atoms with E-state index in [4.69, 9.17) is 10.4 Å². The summed E-state index contributed by atoms with van der Waals surface area (Å²) in [5.41, 5.74) is 7.93. The summed E-state index contributed by atoms with van der Waals surface area (Å²) in [6, 6.07) is 10.6. The number of nitrogens with two attached hydrogens (primary N) is 1. The van der Waals surface area contributed by atoms with E-state index < -0.39 is 18.9 Å². The number of nitrogens with zero attached hydrogens (tertiary/aromatic N) is 1. The molecule has 27 heavy (non-hydrogen) atoms. The molecule has 1 aromatic heterocycles. The van der Waals surface area contributed by atoms with Gasteiger partial charge in [-0.25, -0.2) is 4.39 Å². The lowest BCUT2D eigenvalue weighted by Crippen LogP contribution is -2.32. The number of pyridine rings is 1. The Bertz CT molecular complexity index is 1030. The van der Waals surface area contributed by atoms with E-state index >= 15 is 0 Å². The average molecular weight is 364 g/mol. The number of benzene rings is 2. The van der Waals surface area contributed by atoms with Crippen molar-refractivity contribution in [2.75, 3.05) is 6.54 Å². The Morgan fingerprint density at radius 3 is 2.96 bits per heavy atom. The van der Waals surface area contributed by atoms with Crippen LogP contribution in [0, 0.1) is 5.82 Å². The molecule has 0 saturated heterocycles. The molecule has 0 spiro atoms. The Hall–Kier alpha value is -2.61. The van der Waals surface area contributed by atoms with Gasteiger partial charge in [0.1, 0.15) is 11.6 Å². The largest absolute Gasteiger partial charge is 0.494 e. The number of rotatable bonds is 5. The normalized spacial score (nSPS) is 14.4. The predicted octanol–water partition coefficient (Wildman–Crippen LogP) is 1.45. The van der Waals surface area contributed by atoms with E-state index in [1.54, 1.807) is 18.5 Å². The fourth-order valence-electron chi connectivity index (χ4n) is 3.57. The minimum atomic E-state index is -1.26. The molecular formula is C20H18BFN2O3. The quantitative estimate of drug-likeness (QED) is 0.670. The summed E-state index contributed by atoms with van der Waals surface area (Å²) in [5.74, 6) is -1.27. The van der Waals surface area contributed by atoms with E-state index in [0.29, 0.717) is 11.1 Å². The number of carbonyl (C=O) groups is 1. The number of hydrogen-bond acceptors (Lipinski definition) is 5. The molecule has 0 radical (unpaired) electrons. The summed E-state index contributed by atoms with van der Waals surface area (Å²) >= 11 is 0. The third kappa shape index (κ3) is 3.37. The van der Waals surface area contributed by atoms with Crippen molar-refractivity contribution < 1.29 is 18.9 Å². The summed E-state index contributed by atoms with van der Waals surface area (Å²) in [4.78, 5) is 16.9. The molecule has 4 rings (SSSR count). The molecule has 1 aliphatic heterocycles. The van der Waals surface area contributed by atoms with Crippen LogP contribution in [-0.4, -0.2) is 29.5 Å². The standard InChI is InChI=1S/C20H18BFN2O3/c22-18-8-15(7-16-11-27-21(26)20(16)18)17(9-23)19(25)6-12-1-2-14-10-24-4-3-13(14)5-12/h1-5,7-8,10,17,26H,6,9,11,23H2/t17-/m1/s1. The number of hydrogen-bond donors (Lipinski definition) is 2. The molecule has 0 unspecified atom stereocenters. The maximum atomic E-state index is 14.4. The van der Waals surface area contributed by atoms with Gasteiger partial charge in [0.15, 0.2) is 0 Å².